The van der Waals surface area contributed by atoms with Crippen molar-refractivity contribution >= 4 is 0 Å². The van der Waals surface area contributed by atoms with Gasteiger partial charge in [0.05, 0.1) is 6.67 Å². The standard InChI is InChI=1S/C23H42N4/c1-9-11-20(4)23(7,8)22(6)27-15-14-26(18-27)17-24-16-19(3)12-13-21(5)25-10-2/h12-13,20,24-25H,3,5-6,9-11,14-18H2,1-2,4,7-8H3/b13-12-. The van der Waals surface area contributed by atoms with Crippen LogP contribution in [-0.4, -0.2) is 49.3 Å². The Morgan fingerprint density at radius 3 is 2.48 bits per heavy atom. The van der Waals surface area contributed by atoms with E-state index in [1.165, 1.54) is 18.5 Å². The van der Waals surface area contributed by atoms with E-state index < -0.39 is 0 Å². The normalized spacial score (nSPS) is 16.7. The smallest absolute Gasteiger partial charge is 0.0715 e. The summed E-state index contributed by atoms with van der Waals surface area (Å²) in [7, 11) is 0. The van der Waals surface area contributed by atoms with Gasteiger partial charge in [-0.1, -0.05) is 66.3 Å². The molecular weight excluding hydrogens is 332 g/mol. The van der Waals surface area contributed by atoms with E-state index in [0.717, 1.165) is 50.8 Å². The fraction of sp³-hybridized carbons (Fsp3) is 0.652. The minimum atomic E-state index is 0.146. The number of hydrogen-bond acceptors (Lipinski definition) is 4. The summed E-state index contributed by atoms with van der Waals surface area (Å²) in [5.74, 6) is 0.647. The lowest BCUT2D eigenvalue weighted by Gasteiger charge is -2.39. The van der Waals surface area contributed by atoms with Crippen molar-refractivity contribution in [1.29, 1.82) is 0 Å². The summed E-state index contributed by atoms with van der Waals surface area (Å²) in [6.07, 6.45) is 6.48. The second-order valence-electron chi connectivity index (χ2n) is 8.29. The molecule has 1 rings (SSSR count). The Bertz CT molecular complexity index is 532. The number of likely N-dealkylation sites (N-methyl/N-ethyl adjacent to an activating group) is 1. The third-order valence-electron chi connectivity index (χ3n) is 5.75. The largest absolute Gasteiger partial charge is 0.386 e. The molecule has 4 heteroatoms. The molecule has 1 heterocycles. The Balaban J connectivity index is 2.38. The highest BCUT2D eigenvalue weighted by Crippen LogP contribution is 2.38. The first kappa shape index (κ1) is 23.5. The summed E-state index contributed by atoms with van der Waals surface area (Å²) < 4.78 is 0. The maximum atomic E-state index is 4.45. The van der Waals surface area contributed by atoms with Gasteiger partial charge in [-0.05, 0) is 24.5 Å². The zero-order valence-corrected chi connectivity index (χ0v) is 18.4. The van der Waals surface area contributed by atoms with Gasteiger partial charge in [0.25, 0.3) is 0 Å². The molecule has 27 heavy (non-hydrogen) atoms. The molecule has 1 aliphatic heterocycles. The van der Waals surface area contributed by atoms with E-state index in [0.29, 0.717) is 5.92 Å². The molecule has 1 aliphatic rings. The van der Waals surface area contributed by atoms with Gasteiger partial charge in [0.15, 0.2) is 0 Å². The Kier molecular flexibility index (Phi) is 9.89. The molecule has 0 saturated carbocycles. The lowest BCUT2D eigenvalue weighted by atomic mass is 9.75. The summed E-state index contributed by atoms with van der Waals surface area (Å²) in [5.41, 5.74) is 3.41. The molecular formula is C23H42N4. The number of allylic oxidation sites excluding steroid dienone is 2. The summed E-state index contributed by atoms with van der Waals surface area (Å²) in [6.45, 7) is 29.5. The van der Waals surface area contributed by atoms with Gasteiger partial charge in [-0.3, -0.25) is 4.90 Å². The lowest BCUT2D eigenvalue weighted by molar-refractivity contribution is 0.182. The van der Waals surface area contributed by atoms with Crippen molar-refractivity contribution in [2.75, 3.05) is 39.5 Å². The van der Waals surface area contributed by atoms with Crippen LogP contribution in [0.2, 0.25) is 0 Å². The van der Waals surface area contributed by atoms with Gasteiger partial charge in [0, 0.05) is 49.7 Å². The molecule has 1 saturated heterocycles. The minimum Gasteiger partial charge on any atom is -0.386 e. The third kappa shape index (κ3) is 7.55. The first-order valence-corrected chi connectivity index (χ1v) is 10.4. The van der Waals surface area contributed by atoms with Gasteiger partial charge < -0.3 is 15.5 Å². The summed E-state index contributed by atoms with van der Waals surface area (Å²) in [5, 5.41) is 6.67. The molecule has 0 amide bonds. The van der Waals surface area contributed by atoms with Gasteiger partial charge in [0.1, 0.15) is 0 Å². The number of nitrogens with zero attached hydrogens (tertiary/aromatic N) is 2. The highest BCUT2D eigenvalue weighted by Gasteiger charge is 2.33. The Labute approximate surface area is 168 Å². The fourth-order valence-electron chi connectivity index (χ4n) is 3.42. The van der Waals surface area contributed by atoms with Crippen LogP contribution in [0.15, 0.2) is 48.9 Å². The van der Waals surface area contributed by atoms with Crippen molar-refractivity contribution in [3.05, 3.63) is 48.9 Å². The molecule has 1 atom stereocenters. The van der Waals surface area contributed by atoms with Crippen LogP contribution in [0, 0.1) is 11.3 Å². The topological polar surface area (TPSA) is 30.5 Å². The number of hydrogen-bond donors (Lipinski definition) is 2. The fourth-order valence-corrected chi connectivity index (χ4v) is 3.42. The van der Waals surface area contributed by atoms with Crippen LogP contribution in [0.4, 0.5) is 0 Å². The molecule has 0 aromatic rings. The first-order chi connectivity index (χ1) is 12.7. The van der Waals surface area contributed by atoms with E-state index in [9.17, 15) is 0 Å². The summed E-state index contributed by atoms with van der Waals surface area (Å²) in [6, 6.07) is 0. The van der Waals surface area contributed by atoms with Crippen LogP contribution in [-0.2, 0) is 0 Å². The SMILES string of the molecule is C=C(/C=C\C(=C)NCC)CNCN1CCN(C(=C)C(C)(C)C(C)CCC)C1. The molecule has 2 N–H and O–H groups in total. The highest BCUT2D eigenvalue weighted by atomic mass is 15.4. The van der Waals surface area contributed by atoms with E-state index in [1.807, 2.05) is 12.2 Å². The molecule has 0 aromatic carbocycles. The number of nitrogens with one attached hydrogen (secondary N) is 2. The van der Waals surface area contributed by atoms with Crippen molar-refractivity contribution in [3.8, 4) is 0 Å². The zero-order valence-electron chi connectivity index (χ0n) is 18.4. The summed E-state index contributed by atoms with van der Waals surface area (Å²) >= 11 is 0. The van der Waals surface area contributed by atoms with Crippen LogP contribution in [0.3, 0.4) is 0 Å². The van der Waals surface area contributed by atoms with Crippen LogP contribution >= 0.6 is 0 Å². The predicted octanol–water partition coefficient (Wildman–Crippen LogP) is 4.32. The molecule has 0 aliphatic carbocycles. The molecule has 0 spiro atoms. The quantitative estimate of drug-likeness (QED) is 0.470. The van der Waals surface area contributed by atoms with Crippen LogP contribution in [0.1, 0.15) is 47.5 Å². The number of rotatable bonds is 13. The average molecular weight is 375 g/mol. The first-order valence-electron chi connectivity index (χ1n) is 10.4. The maximum absolute atomic E-state index is 4.45. The van der Waals surface area contributed by atoms with E-state index in [4.69, 9.17) is 0 Å². The van der Waals surface area contributed by atoms with E-state index in [2.05, 4.69) is 74.8 Å². The van der Waals surface area contributed by atoms with Crippen molar-refractivity contribution in [1.82, 2.24) is 20.4 Å². The van der Waals surface area contributed by atoms with Crippen molar-refractivity contribution < 1.29 is 0 Å². The molecule has 0 bridgehead atoms. The van der Waals surface area contributed by atoms with Crippen LogP contribution < -0.4 is 10.6 Å². The van der Waals surface area contributed by atoms with Gasteiger partial charge in [-0.2, -0.15) is 0 Å². The van der Waals surface area contributed by atoms with Gasteiger partial charge in [0.2, 0.25) is 0 Å². The molecule has 0 aromatic heterocycles. The van der Waals surface area contributed by atoms with Gasteiger partial charge in [-0.25, -0.2) is 0 Å². The maximum Gasteiger partial charge on any atom is 0.0715 e. The molecule has 4 nitrogen and oxygen atoms in total. The van der Waals surface area contributed by atoms with Crippen LogP contribution in [0.5, 0.6) is 0 Å². The third-order valence-corrected chi connectivity index (χ3v) is 5.75. The van der Waals surface area contributed by atoms with Gasteiger partial charge >= 0.3 is 0 Å². The monoisotopic (exact) mass is 374 g/mol. The molecule has 0 radical (unpaired) electrons. The summed E-state index contributed by atoms with van der Waals surface area (Å²) in [4.78, 5) is 4.88. The zero-order chi connectivity index (χ0) is 20.4. The molecule has 1 unspecified atom stereocenters. The Morgan fingerprint density at radius 1 is 1.15 bits per heavy atom. The minimum absolute atomic E-state index is 0.146. The Hall–Kier alpha value is -1.52. The van der Waals surface area contributed by atoms with E-state index >= 15 is 0 Å². The molecule has 1 fully saturated rings. The predicted molar refractivity (Wildman–Crippen MR) is 119 cm³/mol. The molecule has 154 valence electrons. The lowest BCUT2D eigenvalue weighted by Crippen LogP contribution is -2.37. The van der Waals surface area contributed by atoms with Crippen molar-refractivity contribution in [2.45, 2.75) is 47.5 Å². The van der Waals surface area contributed by atoms with Crippen molar-refractivity contribution in [3.63, 3.8) is 0 Å². The Morgan fingerprint density at radius 2 is 1.85 bits per heavy atom. The van der Waals surface area contributed by atoms with E-state index in [1.54, 1.807) is 0 Å². The van der Waals surface area contributed by atoms with Crippen LogP contribution in [0.25, 0.3) is 0 Å². The van der Waals surface area contributed by atoms with E-state index in [-0.39, 0.29) is 5.41 Å². The van der Waals surface area contributed by atoms with Crippen molar-refractivity contribution in [2.24, 2.45) is 11.3 Å². The average Bonchev–Trinajstić information content (AvgIpc) is 3.08. The second kappa shape index (κ2) is 11.4. The highest BCUT2D eigenvalue weighted by molar-refractivity contribution is 5.24. The van der Waals surface area contributed by atoms with Gasteiger partial charge in [-0.15, -0.1) is 0 Å². The second-order valence-corrected chi connectivity index (χ2v) is 8.29.